The normalized spacial score (nSPS) is 13.7. The summed E-state index contributed by atoms with van der Waals surface area (Å²) in [6.45, 7) is 4.48. The van der Waals surface area contributed by atoms with Crippen LogP contribution in [0.1, 0.15) is 219 Å². The molecule has 0 aromatic carbocycles. The number of allylic oxidation sites excluding steroid dienone is 20. The van der Waals surface area contributed by atoms with Gasteiger partial charge in [0, 0.05) is 12.8 Å². The van der Waals surface area contributed by atoms with Gasteiger partial charge in [0.2, 0.25) is 0 Å². The number of nitrogens with zero attached hydrogens (tertiary/aromatic N) is 1. The van der Waals surface area contributed by atoms with Crippen molar-refractivity contribution in [2.24, 2.45) is 0 Å². The van der Waals surface area contributed by atoms with Crippen molar-refractivity contribution in [1.29, 1.82) is 0 Å². The first-order valence-electron chi connectivity index (χ1n) is 29.7. The number of quaternary nitrogens is 1. The van der Waals surface area contributed by atoms with Crippen LogP contribution in [0.15, 0.2) is 122 Å². The summed E-state index contributed by atoms with van der Waals surface area (Å²) in [6.07, 6.45) is 75.4. The fraction of sp³-hybridized carbons (Fsp3) is 0.652. The molecule has 9 heteroatoms. The van der Waals surface area contributed by atoms with Crippen molar-refractivity contribution in [3.63, 3.8) is 0 Å². The molecular weight excluding hydrogens is 935 g/mol. The quantitative estimate of drug-likeness (QED) is 0.0195. The number of likely N-dealkylation sites (N-methyl/N-ethyl adjacent to an activating group) is 1. The number of esters is 2. The third-order valence-electron chi connectivity index (χ3n) is 12.2. The van der Waals surface area contributed by atoms with Gasteiger partial charge in [-0.15, -0.1) is 0 Å². The van der Waals surface area contributed by atoms with E-state index < -0.39 is 24.3 Å². The van der Waals surface area contributed by atoms with E-state index in [2.05, 4.69) is 135 Å². The van der Waals surface area contributed by atoms with Gasteiger partial charge in [0.15, 0.2) is 12.4 Å². The number of carboxylic acids is 1. The van der Waals surface area contributed by atoms with Gasteiger partial charge < -0.3 is 33.3 Å². The third-order valence-corrected chi connectivity index (χ3v) is 12.2. The molecule has 0 bridgehead atoms. The second-order valence-electron chi connectivity index (χ2n) is 20.5. The number of carbonyl (C=O) groups is 3. The zero-order valence-corrected chi connectivity index (χ0v) is 48.4. The predicted octanol–water partition coefficient (Wildman–Crippen LogP) is 16.3. The van der Waals surface area contributed by atoms with Crippen molar-refractivity contribution >= 4 is 17.9 Å². The van der Waals surface area contributed by atoms with Crippen LogP contribution < -0.4 is 5.11 Å². The summed E-state index contributed by atoms with van der Waals surface area (Å²) >= 11 is 0. The molecule has 2 atom stereocenters. The largest absolute Gasteiger partial charge is 0.545 e. The molecule has 0 saturated heterocycles. The van der Waals surface area contributed by atoms with Crippen LogP contribution in [0.5, 0.6) is 0 Å². The Kier molecular flexibility index (Phi) is 52.7. The minimum absolute atomic E-state index is 0.138. The molecule has 2 unspecified atom stereocenters. The number of carboxylic acid groups (broad SMARTS) is 1. The van der Waals surface area contributed by atoms with E-state index in [1.54, 1.807) is 0 Å². The minimum atomic E-state index is -1.63. The van der Waals surface area contributed by atoms with Crippen molar-refractivity contribution < 1.29 is 42.9 Å². The number of hydrogen-bond acceptors (Lipinski definition) is 8. The van der Waals surface area contributed by atoms with Crippen molar-refractivity contribution in [3.05, 3.63) is 122 Å². The van der Waals surface area contributed by atoms with Gasteiger partial charge in [-0.3, -0.25) is 9.59 Å². The maximum absolute atomic E-state index is 12.9. The third kappa shape index (κ3) is 57.2. The van der Waals surface area contributed by atoms with E-state index in [0.29, 0.717) is 23.9 Å². The van der Waals surface area contributed by atoms with E-state index >= 15 is 0 Å². The van der Waals surface area contributed by atoms with Gasteiger partial charge in [0.25, 0.3) is 0 Å². The van der Waals surface area contributed by atoms with Crippen LogP contribution in [0.3, 0.4) is 0 Å². The summed E-state index contributed by atoms with van der Waals surface area (Å²) in [5, 5.41) is 11.8. The Bertz CT molecular complexity index is 1640. The molecule has 0 saturated carbocycles. The van der Waals surface area contributed by atoms with Gasteiger partial charge in [-0.2, -0.15) is 0 Å². The molecule has 0 rings (SSSR count). The summed E-state index contributed by atoms with van der Waals surface area (Å²) in [4.78, 5) is 37.3. The van der Waals surface area contributed by atoms with E-state index in [1.165, 1.54) is 70.6 Å². The Hall–Kier alpha value is -4.31. The first-order chi connectivity index (χ1) is 36.6. The molecule has 0 heterocycles. The Labute approximate surface area is 459 Å². The van der Waals surface area contributed by atoms with Crippen molar-refractivity contribution in [3.8, 4) is 0 Å². The molecule has 0 N–H and O–H groups in total. The smallest absolute Gasteiger partial charge is 0.306 e. The molecule has 0 aromatic rings. The molecule has 0 aliphatic rings. The van der Waals surface area contributed by atoms with Gasteiger partial charge in [0.1, 0.15) is 13.2 Å². The number of carbonyl (C=O) groups excluding carboxylic acids is 3. The molecular formula is C66H109NO8. The fourth-order valence-corrected chi connectivity index (χ4v) is 7.71. The highest BCUT2D eigenvalue weighted by Crippen LogP contribution is 2.15. The fourth-order valence-electron chi connectivity index (χ4n) is 7.71. The zero-order valence-electron chi connectivity index (χ0n) is 48.4. The maximum Gasteiger partial charge on any atom is 0.306 e. The monoisotopic (exact) mass is 1040 g/mol. The van der Waals surface area contributed by atoms with Gasteiger partial charge >= 0.3 is 11.9 Å². The van der Waals surface area contributed by atoms with Gasteiger partial charge in [-0.05, 0) is 103 Å². The lowest BCUT2D eigenvalue weighted by molar-refractivity contribution is -0.870. The number of rotatable bonds is 53. The Morgan fingerprint density at radius 3 is 1.07 bits per heavy atom. The van der Waals surface area contributed by atoms with E-state index in [9.17, 15) is 19.5 Å². The number of unbranched alkanes of at least 4 members (excludes halogenated alkanes) is 18. The van der Waals surface area contributed by atoms with Crippen molar-refractivity contribution in [2.75, 3.05) is 47.5 Å². The molecule has 0 fully saturated rings. The topological polar surface area (TPSA) is 111 Å². The lowest BCUT2D eigenvalue weighted by atomic mass is 10.0. The average Bonchev–Trinajstić information content (AvgIpc) is 3.38. The molecule has 0 amide bonds. The highest BCUT2D eigenvalue weighted by Gasteiger charge is 2.22. The van der Waals surface area contributed by atoms with Gasteiger partial charge in [0.05, 0.1) is 40.3 Å². The van der Waals surface area contributed by atoms with E-state index in [1.807, 2.05) is 21.1 Å². The molecule has 0 radical (unpaired) electrons. The first-order valence-corrected chi connectivity index (χ1v) is 29.7. The van der Waals surface area contributed by atoms with Crippen LogP contribution in [0.2, 0.25) is 0 Å². The lowest BCUT2D eigenvalue weighted by Gasteiger charge is -2.26. The predicted molar refractivity (Wildman–Crippen MR) is 315 cm³/mol. The van der Waals surface area contributed by atoms with Gasteiger partial charge in [-0.1, -0.05) is 225 Å². The van der Waals surface area contributed by atoms with E-state index in [4.69, 9.17) is 18.9 Å². The summed E-state index contributed by atoms with van der Waals surface area (Å²) in [7, 11) is 5.91. The van der Waals surface area contributed by atoms with Crippen LogP contribution in [0.4, 0.5) is 0 Å². The van der Waals surface area contributed by atoms with Crippen LogP contribution in [-0.2, 0) is 33.3 Å². The highest BCUT2D eigenvalue weighted by molar-refractivity contribution is 5.70. The summed E-state index contributed by atoms with van der Waals surface area (Å²) in [5.74, 6) is -2.33. The molecule has 9 nitrogen and oxygen atoms in total. The van der Waals surface area contributed by atoms with Crippen LogP contribution in [0.25, 0.3) is 0 Å². The Morgan fingerprint density at radius 2 is 0.720 bits per heavy atom. The lowest BCUT2D eigenvalue weighted by Crippen LogP contribution is -2.44. The first kappa shape index (κ1) is 70.7. The van der Waals surface area contributed by atoms with E-state index in [0.717, 1.165) is 109 Å². The average molecular weight is 1040 g/mol. The van der Waals surface area contributed by atoms with Crippen LogP contribution >= 0.6 is 0 Å². The molecule has 0 aromatic heterocycles. The second-order valence-corrected chi connectivity index (χ2v) is 20.5. The molecule has 0 aliphatic carbocycles. The minimum Gasteiger partial charge on any atom is -0.545 e. The summed E-state index contributed by atoms with van der Waals surface area (Å²) in [6, 6.07) is 0. The van der Waals surface area contributed by atoms with Crippen LogP contribution in [-0.4, -0.2) is 82.3 Å². The SMILES string of the molecule is CC/C=C\C/C=C\C/C=C\C/C=C\C/C=C\C/C=C\CCCCCCCCCCCCCCCCC(=O)OC(COC(=O)CCCCCC/C=C\C/C=C\C/C=C\C/C=C\CC)COC(OCC[N+](C)(C)C)C(=O)[O-]. The van der Waals surface area contributed by atoms with Crippen molar-refractivity contribution in [2.45, 2.75) is 232 Å². The zero-order chi connectivity index (χ0) is 54.8. The number of hydrogen-bond donors (Lipinski definition) is 0. The molecule has 75 heavy (non-hydrogen) atoms. The van der Waals surface area contributed by atoms with Crippen LogP contribution in [0, 0.1) is 0 Å². The number of ether oxygens (including phenoxy) is 4. The van der Waals surface area contributed by atoms with Gasteiger partial charge in [-0.25, -0.2) is 0 Å². The highest BCUT2D eigenvalue weighted by atomic mass is 16.7. The Morgan fingerprint density at radius 1 is 0.400 bits per heavy atom. The summed E-state index contributed by atoms with van der Waals surface area (Å²) < 4.78 is 22.7. The van der Waals surface area contributed by atoms with Crippen molar-refractivity contribution in [1.82, 2.24) is 0 Å². The standard InChI is InChI=1S/C66H109NO8/c1-6-8-10-12-14-16-18-20-22-24-25-26-27-28-29-30-31-32-33-34-35-36-37-38-39-41-43-45-47-49-51-53-55-57-64(69)75-62(61-74-66(65(70)71)72-59-58-67(3,4)5)60-73-63(68)56-54-52-50-48-46-44-42-40-23-21-19-17-15-13-11-9-7-2/h8-11,14-17,20-23,25-26,28-29,31-32,42,44,62,66H,6-7,12-13,18-19,24,27,30,33-41,43,45-61H2,1-5H3/b10-8-,11-9-,16-14-,17-15-,22-20-,23-21-,26-25-,29-28-,32-31-,44-42-. The van der Waals surface area contributed by atoms with E-state index in [-0.39, 0.29) is 38.6 Å². The summed E-state index contributed by atoms with van der Waals surface area (Å²) in [5.41, 5.74) is 0. The molecule has 0 spiro atoms. The maximum atomic E-state index is 12.9. The molecule has 0 aliphatic heterocycles. The Balaban J connectivity index is 4.20. The molecule has 426 valence electrons. The number of aliphatic carboxylic acids is 1. The second kappa shape index (κ2) is 55.9.